The highest BCUT2D eigenvalue weighted by Crippen LogP contribution is 2.33. The number of hydrogen-bond acceptors (Lipinski definition) is 2. The number of rotatable bonds is 0. The molecule has 15 heavy (non-hydrogen) atoms. The van der Waals surface area contributed by atoms with E-state index in [1.807, 2.05) is 10.6 Å². The number of likely N-dealkylation sites (tertiary alicyclic amines) is 1. The first-order chi connectivity index (χ1) is 7.24. The van der Waals surface area contributed by atoms with Gasteiger partial charge >= 0.3 is 0 Å². The van der Waals surface area contributed by atoms with Crippen molar-refractivity contribution in [2.75, 3.05) is 20.1 Å². The molecule has 1 fully saturated rings. The molecular formula is C12H16N2O. The van der Waals surface area contributed by atoms with E-state index in [0.717, 1.165) is 19.6 Å². The minimum Gasteiger partial charge on any atom is -0.312 e. The summed E-state index contributed by atoms with van der Waals surface area (Å²) in [7, 11) is 2.18. The van der Waals surface area contributed by atoms with E-state index in [9.17, 15) is 4.79 Å². The van der Waals surface area contributed by atoms with Gasteiger partial charge in [0.15, 0.2) is 0 Å². The normalized spacial score (nSPS) is 29.9. The van der Waals surface area contributed by atoms with Crippen molar-refractivity contribution in [2.24, 2.45) is 5.92 Å². The van der Waals surface area contributed by atoms with Crippen LogP contribution < -0.4 is 5.56 Å². The maximum atomic E-state index is 11.7. The predicted octanol–water partition coefficient (Wildman–Crippen LogP) is 0.897. The van der Waals surface area contributed by atoms with Crippen molar-refractivity contribution in [3.05, 3.63) is 34.2 Å². The van der Waals surface area contributed by atoms with Gasteiger partial charge in [0, 0.05) is 37.3 Å². The highest BCUT2D eigenvalue weighted by atomic mass is 16.1. The molecule has 0 aliphatic carbocycles. The second-order valence-electron chi connectivity index (χ2n) is 4.92. The Bertz CT molecular complexity index is 437. The molecule has 0 spiro atoms. The molecule has 1 aromatic heterocycles. The van der Waals surface area contributed by atoms with E-state index in [1.54, 1.807) is 6.07 Å². The second kappa shape index (κ2) is 3.20. The third-order valence-corrected chi connectivity index (χ3v) is 3.66. The smallest absolute Gasteiger partial charge is 0.250 e. The molecule has 0 N–H and O–H groups in total. The molecule has 2 aliphatic heterocycles. The lowest BCUT2D eigenvalue weighted by Gasteiger charge is -2.41. The first kappa shape index (κ1) is 9.16. The van der Waals surface area contributed by atoms with Gasteiger partial charge in [0.2, 0.25) is 0 Å². The monoisotopic (exact) mass is 203 g/mol. The van der Waals surface area contributed by atoms with Gasteiger partial charge in [-0.05, 0) is 25.5 Å². The average Bonchev–Trinajstić information content (AvgIpc) is 2.19. The summed E-state index contributed by atoms with van der Waals surface area (Å²) < 4.78 is 1.98. The Labute approximate surface area is 89.3 Å². The maximum Gasteiger partial charge on any atom is 0.250 e. The van der Waals surface area contributed by atoms with E-state index >= 15 is 0 Å². The van der Waals surface area contributed by atoms with E-state index in [0.29, 0.717) is 11.8 Å². The molecule has 0 radical (unpaired) electrons. The van der Waals surface area contributed by atoms with Crippen molar-refractivity contribution >= 4 is 0 Å². The minimum atomic E-state index is 0.173. The van der Waals surface area contributed by atoms with Gasteiger partial charge in [-0.15, -0.1) is 0 Å². The SMILES string of the molecule is [11CH3]N1C[C@H]2C[C@H](C1)c1cccc(=O)n1C2. The number of fused-ring (bicyclic) bond motifs is 4. The third-order valence-electron chi connectivity index (χ3n) is 3.66. The largest absolute Gasteiger partial charge is 0.312 e. The lowest BCUT2D eigenvalue weighted by Crippen LogP contribution is -2.45. The Morgan fingerprint density at radius 1 is 1.27 bits per heavy atom. The second-order valence-corrected chi connectivity index (χ2v) is 4.92. The summed E-state index contributed by atoms with van der Waals surface area (Å²) in [6.45, 7) is 3.15. The van der Waals surface area contributed by atoms with Crippen molar-refractivity contribution in [2.45, 2.75) is 18.9 Å². The van der Waals surface area contributed by atoms with Gasteiger partial charge in [-0.25, -0.2) is 0 Å². The van der Waals surface area contributed by atoms with Crippen LogP contribution in [0.15, 0.2) is 23.0 Å². The third kappa shape index (κ3) is 1.42. The van der Waals surface area contributed by atoms with Gasteiger partial charge < -0.3 is 9.47 Å². The number of pyridine rings is 1. The van der Waals surface area contributed by atoms with Crippen LogP contribution in [0.1, 0.15) is 18.0 Å². The van der Waals surface area contributed by atoms with Crippen LogP contribution in [0.4, 0.5) is 0 Å². The van der Waals surface area contributed by atoms with Crippen LogP contribution in [0.5, 0.6) is 0 Å². The molecule has 3 heterocycles. The topological polar surface area (TPSA) is 25.2 Å². The Balaban J connectivity index is 2.10. The Morgan fingerprint density at radius 3 is 3.00 bits per heavy atom. The number of nitrogens with zero attached hydrogens (tertiary/aromatic N) is 2. The van der Waals surface area contributed by atoms with Gasteiger partial charge in [0.05, 0.1) is 0 Å². The molecule has 1 saturated heterocycles. The van der Waals surface area contributed by atoms with Crippen LogP contribution in [0.2, 0.25) is 0 Å². The van der Waals surface area contributed by atoms with Crippen molar-refractivity contribution in [3.63, 3.8) is 0 Å². The van der Waals surface area contributed by atoms with Crippen LogP contribution in [-0.2, 0) is 6.54 Å². The van der Waals surface area contributed by atoms with Crippen LogP contribution in [-0.4, -0.2) is 29.6 Å². The fourth-order valence-corrected chi connectivity index (χ4v) is 3.14. The molecule has 0 saturated carbocycles. The van der Waals surface area contributed by atoms with Crippen LogP contribution in [0.3, 0.4) is 0 Å². The highest BCUT2D eigenvalue weighted by molar-refractivity contribution is 5.16. The van der Waals surface area contributed by atoms with E-state index in [1.165, 1.54) is 12.1 Å². The zero-order chi connectivity index (χ0) is 10.4. The fourth-order valence-electron chi connectivity index (χ4n) is 3.14. The van der Waals surface area contributed by atoms with Gasteiger partial charge in [0.1, 0.15) is 0 Å². The zero-order valence-electron chi connectivity index (χ0n) is 9.02. The van der Waals surface area contributed by atoms with E-state index < -0.39 is 0 Å². The summed E-state index contributed by atoms with van der Waals surface area (Å²) in [4.78, 5) is 14.1. The first-order valence-corrected chi connectivity index (χ1v) is 5.62. The van der Waals surface area contributed by atoms with Crippen molar-refractivity contribution in [1.29, 1.82) is 0 Å². The zero-order valence-corrected chi connectivity index (χ0v) is 9.02. The Hall–Kier alpha value is -1.09. The Kier molecular flexibility index (Phi) is 1.96. The van der Waals surface area contributed by atoms with E-state index in [-0.39, 0.29) is 5.56 Å². The van der Waals surface area contributed by atoms with Crippen LogP contribution in [0.25, 0.3) is 0 Å². The van der Waals surface area contributed by atoms with Gasteiger partial charge in [-0.1, -0.05) is 6.07 Å². The molecular weight excluding hydrogens is 187 g/mol. The summed E-state index contributed by atoms with van der Waals surface area (Å²) in [5.41, 5.74) is 1.41. The fraction of sp³-hybridized carbons (Fsp3) is 0.583. The average molecular weight is 203 g/mol. The molecule has 80 valence electrons. The first-order valence-electron chi connectivity index (χ1n) is 5.62. The van der Waals surface area contributed by atoms with Crippen molar-refractivity contribution < 1.29 is 0 Å². The molecule has 0 unspecified atom stereocenters. The summed E-state index contributed by atoms with van der Waals surface area (Å²) in [5, 5.41) is 0. The molecule has 3 nitrogen and oxygen atoms in total. The Morgan fingerprint density at radius 2 is 2.13 bits per heavy atom. The van der Waals surface area contributed by atoms with Crippen LogP contribution >= 0.6 is 0 Å². The number of piperidine rings is 1. The minimum absolute atomic E-state index is 0.173. The number of aromatic nitrogens is 1. The molecule has 2 aliphatic rings. The lowest BCUT2D eigenvalue weighted by atomic mass is 9.82. The highest BCUT2D eigenvalue weighted by Gasteiger charge is 2.32. The molecule has 3 heteroatoms. The summed E-state index contributed by atoms with van der Waals surface area (Å²) >= 11 is 0. The quantitative estimate of drug-likeness (QED) is 0.626. The summed E-state index contributed by atoms with van der Waals surface area (Å²) in [5.74, 6) is 1.23. The summed E-state index contributed by atoms with van der Waals surface area (Å²) in [6, 6.07) is 5.68. The van der Waals surface area contributed by atoms with Gasteiger partial charge in [0.25, 0.3) is 5.56 Å². The predicted molar refractivity (Wildman–Crippen MR) is 59.0 cm³/mol. The summed E-state index contributed by atoms with van der Waals surface area (Å²) in [6.07, 6.45) is 1.26. The number of likely N-dealkylation sites (N-methyl/N-ethyl adjacent to an activating group) is 1. The molecule has 2 atom stereocenters. The molecule has 0 amide bonds. The molecule has 3 rings (SSSR count). The lowest BCUT2D eigenvalue weighted by molar-refractivity contribution is 0.145. The standard InChI is InChI=1S/C12H16N2O/c1-13-6-9-5-10(8-13)11-3-2-4-12(15)14(11)7-9/h2-4,9-10H,5-8H2,1H3/t9-,10-/m1/s1/i1-1. The van der Waals surface area contributed by atoms with Gasteiger partial charge in [-0.2, -0.15) is 0 Å². The molecule has 1 aromatic rings. The molecule has 0 aromatic carbocycles. The van der Waals surface area contributed by atoms with E-state index in [4.69, 9.17) is 0 Å². The van der Waals surface area contributed by atoms with Crippen LogP contribution in [0, 0.1) is 5.92 Å². The molecule has 2 bridgehead atoms. The number of hydrogen-bond donors (Lipinski definition) is 0. The van der Waals surface area contributed by atoms with E-state index in [2.05, 4.69) is 18.0 Å². The van der Waals surface area contributed by atoms with Crippen molar-refractivity contribution in [1.82, 2.24) is 9.47 Å². The maximum absolute atomic E-state index is 11.7. The van der Waals surface area contributed by atoms with Gasteiger partial charge in [-0.3, -0.25) is 4.79 Å². The van der Waals surface area contributed by atoms with Crippen molar-refractivity contribution in [3.8, 4) is 0 Å².